The Morgan fingerprint density at radius 2 is 1.89 bits per heavy atom. The van der Waals surface area contributed by atoms with Crippen molar-refractivity contribution in [2.45, 2.75) is 30.7 Å². The number of carbonyl (C=O) groups is 2. The molecule has 2 unspecified atom stereocenters. The molecule has 2 saturated heterocycles. The fourth-order valence-corrected chi connectivity index (χ4v) is 4.94. The number of ether oxygens (including phenoxy) is 1. The lowest BCUT2D eigenvalue weighted by atomic mass is 9.93. The third-order valence-corrected chi connectivity index (χ3v) is 7.08. The fraction of sp³-hybridized carbons (Fsp3) is 0.556. The molecule has 0 bridgehead atoms. The summed E-state index contributed by atoms with van der Waals surface area (Å²) < 4.78 is 32.2. The lowest BCUT2D eigenvalue weighted by Crippen LogP contribution is -2.47. The maximum absolute atomic E-state index is 12.9. The van der Waals surface area contributed by atoms with Gasteiger partial charge in [0, 0.05) is 31.2 Å². The Labute approximate surface area is 158 Å². The van der Waals surface area contributed by atoms with E-state index in [1.54, 1.807) is 12.1 Å². The lowest BCUT2D eigenvalue weighted by molar-refractivity contribution is -0.143. The highest BCUT2D eigenvalue weighted by atomic mass is 32.2. The van der Waals surface area contributed by atoms with Gasteiger partial charge in [-0.3, -0.25) is 9.59 Å². The number of hydrogen-bond donors (Lipinski definition) is 1. The van der Waals surface area contributed by atoms with E-state index in [4.69, 9.17) is 4.74 Å². The van der Waals surface area contributed by atoms with Gasteiger partial charge in [-0.25, -0.2) is 8.42 Å². The number of carboxylic acids is 1. The number of nitrogens with zero attached hydrogens (tertiary/aromatic N) is 2. The average Bonchev–Trinajstić information content (AvgIpc) is 2.68. The molecule has 1 aromatic carbocycles. The number of carboxylic acid groups (broad SMARTS) is 1. The summed E-state index contributed by atoms with van der Waals surface area (Å²) in [7, 11) is -3.70. The predicted molar refractivity (Wildman–Crippen MR) is 96.9 cm³/mol. The zero-order valence-corrected chi connectivity index (χ0v) is 16.0. The van der Waals surface area contributed by atoms with Crippen LogP contribution in [0, 0.1) is 5.92 Å². The van der Waals surface area contributed by atoms with E-state index in [0.29, 0.717) is 26.1 Å². The van der Waals surface area contributed by atoms with Gasteiger partial charge < -0.3 is 14.7 Å². The number of amides is 1. The smallest absolute Gasteiger partial charge is 0.308 e. The van der Waals surface area contributed by atoms with Crippen molar-refractivity contribution in [3.8, 4) is 0 Å². The zero-order chi connectivity index (χ0) is 19.6. The molecule has 1 aromatic rings. The van der Waals surface area contributed by atoms with Crippen molar-refractivity contribution in [3.05, 3.63) is 29.8 Å². The first-order valence-corrected chi connectivity index (χ1v) is 10.5. The molecule has 2 aliphatic rings. The molecule has 3 rings (SSSR count). The van der Waals surface area contributed by atoms with Gasteiger partial charge in [0.15, 0.2) is 0 Å². The van der Waals surface area contributed by atoms with Gasteiger partial charge in [-0.1, -0.05) is 6.07 Å². The van der Waals surface area contributed by atoms with Crippen LogP contribution < -0.4 is 0 Å². The Hall–Kier alpha value is -1.97. The van der Waals surface area contributed by atoms with Crippen molar-refractivity contribution in [1.29, 1.82) is 0 Å². The first-order valence-electron chi connectivity index (χ1n) is 9.02. The number of morpholine rings is 1. The Bertz CT molecular complexity index is 819. The SMILES string of the molecule is CC1CCC(C(=O)O)CN1C(=O)c1cccc(S(=O)(=O)N2CCOCC2)c1. The lowest BCUT2D eigenvalue weighted by Gasteiger charge is -2.36. The van der Waals surface area contributed by atoms with Crippen LogP contribution in [0.3, 0.4) is 0 Å². The molecule has 2 atom stereocenters. The molecule has 0 aliphatic carbocycles. The molecule has 0 saturated carbocycles. The van der Waals surface area contributed by atoms with Gasteiger partial charge in [0.25, 0.3) is 5.91 Å². The van der Waals surface area contributed by atoms with E-state index in [-0.39, 0.29) is 42.0 Å². The van der Waals surface area contributed by atoms with Crippen molar-refractivity contribution >= 4 is 21.9 Å². The van der Waals surface area contributed by atoms with Crippen molar-refractivity contribution in [3.63, 3.8) is 0 Å². The van der Waals surface area contributed by atoms with Gasteiger partial charge in [-0.2, -0.15) is 4.31 Å². The topological polar surface area (TPSA) is 104 Å². The number of rotatable bonds is 4. The van der Waals surface area contributed by atoms with Crippen LogP contribution in [-0.4, -0.2) is 73.5 Å². The number of aliphatic carboxylic acids is 1. The molecule has 1 N–H and O–H groups in total. The van der Waals surface area contributed by atoms with E-state index in [1.807, 2.05) is 6.92 Å². The molecular weight excluding hydrogens is 372 g/mol. The normalized spacial score (nSPS) is 24.6. The van der Waals surface area contributed by atoms with E-state index in [2.05, 4.69) is 0 Å². The van der Waals surface area contributed by atoms with E-state index in [1.165, 1.54) is 21.3 Å². The minimum atomic E-state index is -3.70. The van der Waals surface area contributed by atoms with Crippen LogP contribution >= 0.6 is 0 Å². The highest BCUT2D eigenvalue weighted by Gasteiger charge is 2.33. The minimum absolute atomic E-state index is 0.0645. The van der Waals surface area contributed by atoms with Crippen molar-refractivity contribution in [2.24, 2.45) is 5.92 Å². The second kappa shape index (κ2) is 7.95. The summed E-state index contributed by atoms with van der Waals surface area (Å²) in [4.78, 5) is 25.8. The largest absolute Gasteiger partial charge is 0.481 e. The number of sulfonamides is 1. The second-order valence-electron chi connectivity index (χ2n) is 6.96. The quantitative estimate of drug-likeness (QED) is 0.815. The third kappa shape index (κ3) is 4.15. The molecule has 1 amide bonds. The van der Waals surface area contributed by atoms with Gasteiger partial charge in [0.2, 0.25) is 10.0 Å². The summed E-state index contributed by atoms with van der Waals surface area (Å²) in [5, 5.41) is 9.26. The molecule has 2 fully saturated rings. The van der Waals surface area contributed by atoms with Crippen LogP contribution in [0.2, 0.25) is 0 Å². The number of likely N-dealkylation sites (tertiary alicyclic amines) is 1. The van der Waals surface area contributed by atoms with Gasteiger partial charge >= 0.3 is 5.97 Å². The van der Waals surface area contributed by atoms with Gasteiger partial charge in [-0.15, -0.1) is 0 Å². The minimum Gasteiger partial charge on any atom is -0.481 e. The molecule has 2 aliphatic heterocycles. The van der Waals surface area contributed by atoms with Gasteiger partial charge in [0.05, 0.1) is 24.0 Å². The second-order valence-corrected chi connectivity index (χ2v) is 8.90. The Morgan fingerprint density at radius 3 is 2.56 bits per heavy atom. The van der Waals surface area contributed by atoms with E-state index < -0.39 is 21.9 Å². The summed E-state index contributed by atoms with van der Waals surface area (Å²) >= 11 is 0. The van der Waals surface area contributed by atoms with Crippen LogP contribution in [-0.2, 0) is 19.6 Å². The van der Waals surface area contributed by atoms with E-state index in [9.17, 15) is 23.1 Å². The summed E-state index contributed by atoms with van der Waals surface area (Å²) in [5.41, 5.74) is 0.252. The monoisotopic (exact) mass is 396 g/mol. The predicted octanol–water partition coefficient (Wildman–Crippen LogP) is 1.03. The molecule has 0 spiro atoms. The van der Waals surface area contributed by atoms with E-state index in [0.717, 1.165) is 0 Å². The van der Waals surface area contributed by atoms with Crippen molar-refractivity contribution in [2.75, 3.05) is 32.8 Å². The van der Waals surface area contributed by atoms with Crippen LogP contribution in [0.5, 0.6) is 0 Å². The zero-order valence-electron chi connectivity index (χ0n) is 15.2. The molecule has 148 valence electrons. The highest BCUT2D eigenvalue weighted by molar-refractivity contribution is 7.89. The maximum Gasteiger partial charge on any atom is 0.308 e. The van der Waals surface area contributed by atoms with E-state index >= 15 is 0 Å². The first-order chi connectivity index (χ1) is 12.8. The fourth-order valence-electron chi connectivity index (χ4n) is 3.48. The third-order valence-electron chi connectivity index (χ3n) is 5.18. The first kappa shape index (κ1) is 19.8. The molecule has 0 aromatic heterocycles. The number of benzene rings is 1. The van der Waals surface area contributed by atoms with Crippen LogP contribution in [0.25, 0.3) is 0 Å². The summed E-state index contributed by atoms with van der Waals surface area (Å²) in [6.45, 7) is 3.27. The average molecular weight is 396 g/mol. The molecular formula is C18H24N2O6S. The number of carbonyl (C=O) groups excluding carboxylic acids is 1. The Balaban J connectivity index is 1.84. The number of hydrogen-bond acceptors (Lipinski definition) is 5. The van der Waals surface area contributed by atoms with Gasteiger partial charge in [-0.05, 0) is 38.0 Å². The summed E-state index contributed by atoms with van der Waals surface area (Å²) in [5.74, 6) is -1.85. The molecule has 27 heavy (non-hydrogen) atoms. The molecule has 8 nitrogen and oxygen atoms in total. The van der Waals surface area contributed by atoms with Crippen LogP contribution in [0.15, 0.2) is 29.2 Å². The van der Waals surface area contributed by atoms with Gasteiger partial charge in [0.1, 0.15) is 0 Å². The van der Waals surface area contributed by atoms with Crippen molar-refractivity contribution in [1.82, 2.24) is 9.21 Å². The standard InChI is InChI=1S/C18H24N2O6S/c1-13-5-6-15(18(22)23)12-20(13)17(21)14-3-2-4-16(11-14)27(24,25)19-7-9-26-10-8-19/h2-4,11,13,15H,5-10,12H2,1H3,(H,22,23). The van der Waals surface area contributed by atoms with Crippen molar-refractivity contribution < 1.29 is 27.9 Å². The highest BCUT2D eigenvalue weighted by Crippen LogP contribution is 2.25. The molecule has 9 heteroatoms. The maximum atomic E-state index is 12.9. The Morgan fingerprint density at radius 1 is 1.19 bits per heavy atom. The molecule has 2 heterocycles. The summed E-state index contributed by atoms with van der Waals surface area (Å²) in [6.07, 6.45) is 1.14. The number of piperidine rings is 1. The Kier molecular flexibility index (Phi) is 5.83. The molecule has 0 radical (unpaired) electrons. The van der Waals surface area contributed by atoms with Crippen LogP contribution in [0.4, 0.5) is 0 Å². The van der Waals surface area contributed by atoms with Crippen LogP contribution in [0.1, 0.15) is 30.1 Å². The summed E-state index contributed by atoms with van der Waals surface area (Å²) in [6, 6.07) is 5.88.